The molecule has 3 aromatic rings. The molecule has 0 saturated carbocycles. The van der Waals surface area contributed by atoms with E-state index in [4.69, 9.17) is 0 Å². The van der Waals surface area contributed by atoms with Crippen molar-refractivity contribution in [2.75, 3.05) is 6.54 Å². The van der Waals surface area contributed by atoms with E-state index < -0.39 is 17.2 Å². The van der Waals surface area contributed by atoms with Gasteiger partial charge in [-0.25, -0.2) is 13.8 Å². The lowest BCUT2D eigenvalue weighted by Gasteiger charge is -2.24. The maximum atomic E-state index is 13.8. The SMILES string of the molecule is CC(O)(CNC(=O)Cc1cn2ccccc2n1)c1ccc(F)cc1F. The van der Waals surface area contributed by atoms with Crippen molar-refractivity contribution in [2.24, 2.45) is 0 Å². The topological polar surface area (TPSA) is 66.6 Å². The number of halogens is 2. The lowest BCUT2D eigenvalue weighted by molar-refractivity contribution is -0.121. The van der Waals surface area contributed by atoms with Gasteiger partial charge >= 0.3 is 0 Å². The molecule has 2 heterocycles. The summed E-state index contributed by atoms with van der Waals surface area (Å²) >= 11 is 0. The molecule has 1 aromatic carbocycles. The molecule has 5 nitrogen and oxygen atoms in total. The summed E-state index contributed by atoms with van der Waals surface area (Å²) < 4.78 is 28.6. The maximum absolute atomic E-state index is 13.8. The van der Waals surface area contributed by atoms with Crippen molar-refractivity contribution in [3.63, 3.8) is 0 Å². The molecule has 0 aliphatic rings. The highest BCUT2D eigenvalue weighted by Crippen LogP contribution is 2.23. The fourth-order valence-electron chi connectivity index (χ4n) is 2.59. The first kappa shape index (κ1) is 17.0. The molecule has 2 aromatic heterocycles. The van der Waals surface area contributed by atoms with E-state index in [0.717, 1.165) is 11.7 Å². The number of benzene rings is 1. The second-order valence-corrected chi connectivity index (χ2v) is 6.05. The molecule has 25 heavy (non-hydrogen) atoms. The Hall–Kier alpha value is -2.80. The number of fused-ring (bicyclic) bond motifs is 1. The zero-order valence-corrected chi connectivity index (χ0v) is 13.5. The molecule has 1 amide bonds. The third-order valence-electron chi connectivity index (χ3n) is 3.90. The zero-order valence-electron chi connectivity index (χ0n) is 13.5. The molecule has 1 atom stereocenters. The van der Waals surface area contributed by atoms with E-state index in [9.17, 15) is 18.7 Å². The van der Waals surface area contributed by atoms with E-state index in [0.29, 0.717) is 11.8 Å². The molecule has 3 rings (SSSR count). The smallest absolute Gasteiger partial charge is 0.226 e. The molecule has 0 fully saturated rings. The Balaban J connectivity index is 1.64. The number of imidazole rings is 1. The molecule has 2 N–H and O–H groups in total. The number of carbonyl (C=O) groups excluding carboxylic acids is 1. The van der Waals surface area contributed by atoms with E-state index in [1.165, 1.54) is 13.0 Å². The number of hydrogen-bond acceptors (Lipinski definition) is 3. The molecule has 130 valence electrons. The standard InChI is InChI=1S/C18H17F2N3O2/c1-18(25,14-6-5-12(19)8-15(14)20)11-21-17(24)9-13-10-23-7-3-2-4-16(23)22-13/h2-8,10,25H,9,11H2,1H3,(H,21,24). The van der Waals surface area contributed by atoms with E-state index in [-0.39, 0.29) is 24.4 Å². The quantitative estimate of drug-likeness (QED) is 0.745. The number of nitrogens with one attached hydrogen (secondary N) is 1. The Bertz CT molecular complexity index is 889. The lowest BCUT2D eigenvalue weighted by atomic mass is 9.95. The van der Waals surface area contributed by atoms with Crippen LogP contribution in [-0.4, -0.2) is 26.9 Å². The van der Waals surface area contributed by atoms with Crippen LogP contribution in [0.5, 0.6) is 0 Å². The van der Waals surface area contributed by atoms with E-state index >= 15 is 0 Å². The summed E-state index contributed by atoms with van der Waals surface area (Å²) in [6, 6.07) is 8.45. The van der Waals surface area contributed by atoms with E-state index in [2.05, 4.69) is 10.3 Å². The zero-order chi connectivity index (χ0) is 18.0. The molecule has 7 heteroatoms. The lowest BCUT2D eigenvalue weighted by Crippen LogP contribution is -2.39. The van der Waals surface area contributed by atoms with Gasteiger partial charge in [0.2, 0.25) is 5.91 Å². The highest BCUT2D eigenvalue weighted by atomic mass is 19.1. The summed E-state index contributed by atoms with van der Waals surface area (Å²) in [5, 5.41) is 12.9. The van der Waals surface area contributed by atoms with Gasteiger partial charge in [0.15, 0.2) is 0 Å². The van der Waals surface area contributed by atoms with Crippen molar-refractivity contribution in [3.8, 4) is 0 Å². The van der Waals surface area contributed by atoms with Crippen molar-refractivity contribution >= 4 is 11.6 Å². The van der Waals surface area contributed by atoms with Gasteiger partial charge in [-0.2, -0.15) is 0 Å². The Kier molecular flexibility index (Phi) is 4.50. The summed E-state index contributed by atoms with van der Waals surface area (Å²) in [7, 11) is 0. The second kappa shape index (κ2) is 6.60. The van der Waals surface area contributed by atoms with Crippen molar-refractivity contribution in [1.29, 1.82) is 0 Å². The number of hydrogen-bond donors (Lipinski definition) is 2. The Morgan fingerprint density at radius 1 is 1.32 bits per heavy atom. The van der Waals surface area contributed by atoms with Crippen LogP contribution in [0, 0.1) is 11.6 Å². The number of amides is 1. The highest BCUT2D eigenvalue weighted by Gasteiger charge is 2.27. The third-order valence-corrected chi connectivity index (χ3v) is 3.90. The Morgan fingerprint density at radius 3 is 2.84 bits per heavy atom. The molecule has 0 aliphatic heterocycles. The van der Waals surface area contributed by atoms with Gasteiger partial charge in [0.25, 0.3) is 0 Å². The van der Waals surface area contributed by atoms with Crippen LogP contribution >= 0.6 is 0 Å². The minimum absolute atomic E-state index is 0.0314. The number of aliphatic hydroxyl groups is 1. The average Bonchev–Trinajstić information content (AvgIpc) is 2.95. The first-order valence-corrected chi connectivity index (χ1v) is 7.72. The molecule has 0 saturated heterocycles. The van der Waals surface area contributed by atoms with Crippen LogP contribution < -0.4 is 5.32 Å². The minimum Gasteiger partial charge on any atom is -0.383 e. The summed E-state index contributed by atoms with van der Waals surface area (Å²) in [4.78, 5) is 16.4. The van der Waals surface area contributed by atoms with Gasteiger partial charge in [-0.05, 0) is 25.1 Å². The third kappa shape index (κ3) is 3.83. The van der Waals surface area contributed by atoms with Crippen LogP contribution in [0.3, 0.4) is 0 Å². The van der Waals surface area contributed by atoms with Crippen LogP contribution in [0.15, 0.2) is 48.8 Å². The van der Waals surface area contributed by atoms with Crippen LogP contribution in [-0.2, 0) is 16.8 Å². The largest absolute Gasteiger partial charge is 0.383 e. The van der Waals surface area contributed by atoms with Crippen LogP contribution in [0.4, 0.5) is 8.78 Å². The number of aromatic nitrogens is 2. The molecule has 0 aliphatic carbocycles. The van der Waals surface area contributed by atoms with Gasteiger partial charge in [0.1, 0.15) is 22.9 Å². The van der Waals surface area contributed by atoms with Gasteiger partial charge < -0.3 is 14.8 Å². The average molecular weight is 345 g/mol. The van der Waals surface area contributed by atoms with Crippen LogP contribution in [0.2, 0.25) is 0 Å². The first-order chi connectivity index (χ1) is 11.8. The van der Waals surface area contributed by atoms with Gasteiger partial charge in [-0.1, -0.05) is 12.1 Å². The summed E-state index contributed by atoms with van der Waals surface area (Å²) in [5.74, 6) is -1.95. The number of nitrogens with zero attached hydrogens (tertiary/aromatic N) is 2. The van der Waals surface area contributed by atoms with Crippen molar-refractivity contribution in [1.82, 2.24) is 14.7 Å². The van der Waals surface area contributed by atoms with E-state index in [1.807, 2.05) is 24.4 Å². The van der Waals surface area contributed by atoms with Crippen molar-refractivity contribution in [3.05, 3.63) is 71.7 Å². The Morgan fingerprint density at radius 2 is 2.12 bits per heavy atom. The molecular weight excluding hydrogens is 328 g/mol. The molecule has 0 bridgehead atoms. The number of pyridine rings is 1. The minimum atomic E-state index is -1.66. The maximum Gasteiger partial charge on any atom is 0.226 e. The first-order valence-electron chi connectivity index (χ1n) is 7.72. The van der Waals surface area contributed by atoms with Crippen molar-refractivity contribution in [2.45, 2.75) is 18.9 Å². The van der Waals surface area contributed by atoms with Crippen LogP contribution in [0.1, 0.15) is 18.2 Å². The fourth-order valence-corrected chi connectivity index (χ4v) is 2.59. The molecular formula is C18H17F2N3O2. The molecule has 0 radical (unpaired) electrons. The predicted octanol–water partition coefficient (Wildman–Crippen LogP) is 2.18. The van der Waals surface area contributed by atoms with E-state index in [1.54, 1.807) is 10.6 Å². The summed E-state index contributed by atoms with van der Waals surface area (Å²) in [6.45, 7) is 1.15. The fraction of sp³-hybridized carbons (Fsp3) is 0.222. The normalized spacial score (nSPS) is 13.6. The van der Waals surface area contributed by atoms with Crippen molar-refractivity contribution < 1.29 is 18.7 Å². The van der Waals surface area contributed by atoms with Gasteiger partial charge in [0.05, 0.1) is 18.7 Å². The number of carbonyl (C=O) groups is 1. The second-order valence-electron chi connectivity index (χ2n) is 6.05. The van der Waals surface area contributed by atoms with Gasteiger partial charge in [0, 0.05) is 24.0 Å². The summed E-state index contributed by atoms with van der Waals surface area (Å²) in [5.41, 5.74) is -0.435. The molecule has 0 spiro atoms. The van der Waals surface area contributed by atoms with Gasteiger partial charge in [-0.3, -0.25) is 4.79 Å². The highest BCUT2D eigenvalue weighted by molar-refractivity contribution is 5.78. The van der Waals surface area contributed by atoms with Crippen LogP contribution in [0.25, 0.3) is 5.65 Å². The van der Waals surface area contributed by atoms with Gasteiger partial charge in [-0.15, -0.1) is 0 Å². The Labute approximate surface area is 142 Å². The number of rotatable bonds is 5. The molecule has 1 unspecified atom stereocenters. The predicted molar refractivity (Wildman–Crippen MR) is 87.8 cm³/mol. The monoisotopic (exact) mass is 345 g/mol. The summed E-state index contributed by atoms with van der Waals surface area (Å²) in [6.07, 6.45) is 3.60.